The van der Waals surface area contributed by atoms with Crippen LogP contribution in [0.3, 0.4) is 0 Å². The van der Waals surface area contributed by atoms with E-state index in [-0.39, 0.29) is 0 Å². The van der Waals surface area contributed by atoms with Crippen molar-refractivity contribution in [3.8, 4) is 0 Å². The first-order valence-corrected chi connectivity index (χ1v) is 8.52. The second-order valence-corrected chi connectivity index (χ2v) is 6.46. The third kappa shape index (κ3) is 4.35. The molecule has 0 bridgehead atoms. The molecule has 0 amide bonds. The molecule has 0 aliphatic rings. The van der Waals surface area contributed by atoms with Gasteiger partial charge in [-0.1, -0.05) is 31.2 Å². The van der Waals surface area contributed by atoms with E-state index in [2.05, 4.69) is 54.6 Å². The first-order chi connectivity index (χ1) is 10.1. The molecule has 0 spiro atoms. The molecule has 114 valence electrons. The van der Waals surface area contributed by atoms with Crippen LogP contribution in [0.5, 0.6) is 0 Å². The van der Waals surface area contributed by atoms with E-state index >= 15 is 0 Å². The second-order valence-electron chi connectivity index (χ2n) is 5.42. The minimum atomic E-state index is 0.381. The highest BCUT2D eigenvalue weighted by molar-refractivity contribution is 7.99. The Balaban J connectivity index is 2.10. The number of hydrogen-bond donors (Lipinski definition) is 1. The molecular weight excluding hydrogens is 278 g/mol. The number of benzene rings is 1. The van der Waals surface area contributed by atoms with Gasteiger partial charge in [0, 0.05) is 18.8 Å². The van der Waals surface area contributed by atoms with Gasteiger partial charge >= 0.3 is 0 Å². The molecule has 0 fully saturated rings. The van der Waals surface area contributed by atoms with Crippen LogP contribution < -0.4 is 5.32 Å². The Kier molecular flexibility index (Phi) is 5.88. The van der Waals surface area contributed by atoms with Crippen LogP contribution in [0.15, 0.2) is 35.4 Å². The summed E-state index contributed by atoms with van der Waals surface area (Å²) in [7, 11) is 2.01. The molecule has 1 unspecified atom stereocenters. The zero-order valence-electron chi connectivity index (χ0n) is 13.4. The highest BCUT2D eigenvalue weighted by atomic mass is 32.2. The molecule has 2 aromatic rings. The largest absolute Gasteiger partial charge is 0.309 e. The van der Waals surface area contributed by atoms with Crippen LogP contribution in [-0.4, -0.2) is 22.1 Å². The summed E-state index contributed by atoms with van der Waals surface area (Å²) in [6.07, 6.45) is 1.15. The summed E-state index contributed by atoms with van der Waals surface area (Å²) in [5.41, 5.74) is 3.83. The predicted octanol–water partition coefficient (Wildman–Crippen LogP) is 3.87. The van der Waals surface area contributed by atoms with E-state index in [1.54, 1.807) is 0 Å². The van der Waals surface area contributed by atoms with E-state index in [9.17, 15) is 0 Å². The first-order valence-electron chi connectivity index (χ1n) is 7.54. The maximum Gasteiger partial charge on any atom is 0.0939 e. The fourth-order valence-corrected chi connectivity index (χ4v) is 3.56. The number of aromatic nitrogens is 2. The normalized spacial score (nSPS) is 12.6. The average Bonchev–Trinajstić information content (AvgIpc) is 2.78. The number of nitrogens with one attached hydrogen (secondary N) is 1. The topological polar surface area (TPSA) is 29.9 Å². The monoisotopic (exact) mass is 303 g/mol. The van der Waals surface area contributed by atoms with Crippen molar-refractivity contribution in [1.82, 2.24) is 15.1 Å². The van der Waals surface area contributed by atoms with Gasteiger partial charge in [-0.2, -0.15) is 5.10 Å². The van der Waals surface area contributed by atoms with Gasteiger partial charge in [-0.05, 0) is 44.0 Å². The molecular formula is C17H25N3S. The minimum Gasteiger partial charge on any atom is -0.309 e. The third-order valence-corrected chi connectivity index (χ3v) is 4.74. The van der Waals surface area contributed by atoms with E-state index in [4.69, 9.17) is 0 Å². The molecule has 1 aromatic heterocycles. The lowest BCUT2D eigenvalue weighted by molar-refractivity contribution is 0.574. The van der Waals surface area contributed by atoms with Gasteiger partial charge in [0.1, 0.15) is 0 Å². The van der Waals surface area contributed by atoms with Crippen molar-refractivity contribution < 1.29 is 0 Å². The van der Waals surface area contributed by atoms with Crippen molar-refractivity contribution in [2.75, 3.05) is 12.3 Å². The minimum absolute atomic E-state index is 0.381. The lowest BCUT2D eigenvalue weighted by Gasteiger charge is -2.20. The van der Waals surface area contributed by atoms with Crippen LogP contribution in [0.4, 0.5) is 0 Å². The summed E-state index contributed by atoms with van der Waals surface area (Å²) in [5.74, 6) is 1.02. The zero-order chi connectivity index (χ0) is 15.2. The number of hydrogen-bond acceptors (Lipinski definition) is 3. The van der Waals surface area contributed by atoms with Crippen molar-refractivity contribution in [3.05, 3.63) is 47.2 Å². The summed E-state index contributed by atoms with van der Waals surface area (Å²) in [4.78, 5) is 0. The number of thioether (sulfide) groups is 1. The lowest BCUT2D eigenvalue weighted by Crippen LogP contribution is -2.25. The van der Waals surface area contributed by atoms with E-state index < -0.39 is 0 Å². The van der Waals surface area contributed by atoms with Gasteiger partial charge in [0.25, 0.3) is 0 Å². The molecule has 2 rings (SSSR count). The van der Waals surface area contributed by atoms with Crippen LogP contribution in [-0.2, 0) is 7.05 Å². The Morgan fingerprint density at radius 1 is 1.29 bits per heavy atom. The van der Waals surface area contributed by atoms with E-state index in [0.29, 0.717) is 6.04 Å². The standard InChI is InChI=1S/C17H25N3S/c1-5-10-18-16(15-9-7-6-8-13(15)2)12-21-17-11-14(3)19-20(17)4/h6-9,11,16,18H,5,10,12H2,1-4H3. The smallest absolute Gasteiger partial charge is 0.0939 e. The molecule has 21 heavy (non-hydrogen) atoms. The maximum atomic E-state index is 4.42. The second kappa shape index (κ2) is 7.66. The van der Waals surface area contributed by atoms with Crippen molar-refractivity contribution in [2.24, 2.45) is 7.05 Å². The highest BCUT2D eigenvalue weighted by Crippen LogP contribution is 2.26. The number of aryl methyl sites for hydroxylation is 3. The molecule has 1 N–H and O–H groups in total. The van der Waals surface area contributed by atoms with Crippen molar-refractivity contribution >= 4 is 11.8 Å². The third-order valence-electron chi connectivity index (χ3n) is 3.56. The van der Waals surface area contributed by atoms with Gasteiger partial charge in [-0.15, -0.1) is 11.8 Å². The Hall–Kier alpha value is -1.26. The molecule has 3 nitrogen and oxygen atoms in total. The summed E-state index contributed by atoms with van der Waals surface area (Å²) >= 11 is 1.87. The molecule has 0 radical (unpaired) electrons. The zero-order valence-corrected chi connectivity index (χ0v) is 14.2. The quantitative estimate of drug-likeness (QED) is 0.788. The molecule has 1 aromatic carbocycles. The average molecular weight is 303 g/mol. The Bertz CT molecular complexity index is 577. The molecule has 0 aliphatic carbocycles. The van der Waals surface area contributed by atoms with Gasteiger partial charge in [0.2, 0.25) is 0 Å². The summed E-state index contributed by atoms with van der Waals surface area (Å²) in [5, 5.41) is 9.32. The Morgan fingerprint density at radius 2 is 2.05 bits per heavy atom. The molecule has 0 saturated carbocycles. The van der Waals surface area contributed by atoms with Crippen molar-refractivity contribution in [2.45, 2.75) is 38.3 Å². The van der Waals surface area contributed by atoms with Crippen LogP contribution in [0.1, 0.15) is 36.2 Å². The van der Waals surface area contributed by atoms with E-state index in [1.165, 1.54) is 16.2 Å². The van der Waals surface area contributed by atoms with Crippen molar-refractivity contribution in [3.63, 3.8) is 0 Å². The van der Waals surface area contributed by atoms with Crippen LogP contribution in [0.25, 0.3) is 0 Å². The van der Waals surface area contributed by atoms with Gasteiger partial charge in [0.05, 0.1) is 10.7 Å². The molecule has 0 aliphatic heterocycles. The molecule has 4 heteroatoms. The number of rotatable bonds is 7. The lowest BCUT2D eigenvalue weighted by atomic mass is 10.0. The molecule has 1 atom stereocenters. The summed E-state index contributed by atoms with van der Waals surface area (Å²) < 4.78 is 1.97. The van der Waals surface area contributed by atoms with Gasteiger partial charge in [-0.3, -0.25) is 4.68 Å². The predicted molar refractivity (Wildman–Crippen MR) is 90.9 cm³/mol. The summed E-state index contributed by atoms with van der Waals surface area (Å²) in [6.45, 7) is 7.48. The van der Waals surface area contributed by atoms with Crippen LogP contribution >= 0.6 is 11.8 Å². The van der Waals surface area contributed by atoms with Crippen LogP contribution in [0.2, 0.25) is 0 Å². The summed E-state index contributed by atoms with van der Waals surface area (Å²) in [6, 6.07) is 11.2. The Labute approximate surface area is 132 Å². The molecule has 0 saturated heterocycles. The van der Waals surface area contributed by atoms with Gasteiger partial charge in [0.15, 0.2) is 0 Å². The van der Waals surface area contributed by atoms with Gasteiger partial charge < -0.3 is 5.32 Å². The fraction of sp³-hybridized carbons (Fsp3) is 0.471. The van der Waals surface area contributed by atoms with E-state index in [0.717, 1.165) is 24.4 Å². The number of nitrogens with zero attached hydrogens (tertiary/aromatic N) is 2. The van der Waals surface area contributed by atoms with Crippen molar-refractivity contribution in [1.29, 1.82) is 0 Å². The first kappa shape index (κ1) is 16.1. The van der Waals surface area contributed by atoms with Gasteiger partial charge in [-0.25, -0.2) is 0 Å². The Morgan fingerprint density at radius 3 is 2.67 bits per heavy atom. The SMILES string of the molecule is CCCNC(CSc1cc(C)nn1C)c1ccccc1C. The van der Waals surface area contributed by atoms with E-state index in [1.807, 2.05) is 30.4 Å². The highest BCUT2D eigenvalue weighted by Gasteiger charge is 2.14. The van der Waals surface area contributed by atoms with Crippen LogP contribution in [0, 0.1) is 13.8 Å². The maximum absolute atomic E-state index is 4.42. The fourth-order valence-electron chi connectivity index (χ4n) is 2.45. The molecule has 1 heterocycles.